The Hall–Kier alpha value is -4.50. The van der Waals surface area contributed by atoms with Crippen molar-refractivity contribution < 1.29 is 23.5 Å². The number of rotatable bonds is 8. The second-order valence-corrected chi connectivity index (χ2v) is 8.51. The maximum atomic E-state index is 12.8. The molecule has 0 saturated heterocycles. The predicted octanol–water partition coefficient (Wildman–Crippen LogP) is 5.81. The van der Waals surface area contributed by atoms with Gasteiger partial charge in [-0.2, -0.15) is 0 Å². The van der Waals surface area contributed by atoms with Gasteiger partial charge in [0.1, 0.15) is 11.3 Å². The molecule has 1 amide bonds. The molecule has 0 aliphatic heterocycles. The maximum Gasteiger partial charge on any atom is 0.339 e. The van der Waals surface area contributed by atoms with Crippen molar-refractivity contribution in [1.82, 2.24) is 9.97 Å². The Kier molecular flexibility index (Phi) is 6.72. The van der Waals surface area contributed by atoms with E-state index in [0.29, 0.717) is 34.3 Å². The van der Waals surface area contributed by atoms with Gasteiger partial charge >= 0.3 is 5.97 Å². The number of esters is 1. The lowest BCUT2D eigenvalue weighted by Gasteiger charge is -2.07. The molecule has 2 aromatic heterocycles. The third kappa shape index (κ3) is 5.11. The molecule has 2 heterocycles. The van der Waals surface area contributed by atoms with Crippen molar-refractivity contribution in [2.24, 2.45) is 0 Å². The fraction of sp³-hybridized carbons (Fsp3) is 0.111. The highest BCUT2D eigenvalue weighted by molar-refractivity contribution is 7.14. The standard InChI is InChI=1S/C27H21N3O5S/c1-2-33-18-13-11-17(12-14-18)22-16-36-27(29-22)30-24(31)15-34-26(32)20-8-4-3-7-19(20)25-28-21-9-5-6-10-23(21)35-25/h3-14,16H,2,15H2,1H3,(H,29,30,31). The number of benzene rings is 3. The number of anilines is 1. The molecule has 1 N–H and O–H groups in total. The minimum Gasteiger partial charge on any atom is -0.494 e. The predicted molar refractivity (Wildman–Crippen MR) is 137 cm³/mol. The van der Waals surface area contributed by atoms with Crippen LogP contribution in [0.15, 0.2) is 82.6 Å². The number of fused-ring (bicyclic) bond motifs is 1. The van der Waals surface area contributed by atoms with Crippen LogP contribution in [0.25, 0.3) is 33.8 Å². The molecule has 0 unspecified atom stereocenters. The van der Waals surface area contributed by atoms with Gasteiger partial charge in [-0.1, -0.05) is 24.3 Å². The first-order chi connectivity index (χ1) is 17.6. The van der Waals surface area contributed by atoms with Crippen molar-refractivity contribution in [1.29, 1.82) is 0 Å². The molecule has 9 heteroatoms. The molecule has 3 aromatic carbocycles. The van der Waals surface area contributed by atoms with E-state index in [-0.39, 0.29) is 5.56 Å². The molecule has 0 saturated carbocycles. The fourth-order valence-electron chi connectivity index (χ4n) is 3.55. The van der Waals surface area contributed by atoms with Gasteiger partial charge in [0.2, 0.25) is 5.89 Å². The zero-order valence-corrected chi connectivity index (χ0v) is 20.1. The Morgan fingerprint density at radius 2 is 1.75 bits per heavy atom. The second-order valence-electron chi connectivity index (χ2n) is 7.65. The van der Waals surface area contributed by atoms with Crippen LogP contribution in [0.2, 0.25) is 0 Å². The van der Waals surface area contributed by atoms with Crippen LogP contribution in [-0.2, 0) is 9.53 Å². The summed E-state index contributed by atoms with van der Waals surface area (Å²) in [5, 5.41) is 4.92. The fourth-order valence-corrected chi connectivity index (χ4v) is 4.29. The lowest BCUT2D eigenvalue weighted by molar-refractivity contribution is -0.119. The number of oxazole rings is 1. The number of carbonyl (C=O) groups is 2. The second kappa shape index (κ2) is 10.4. The van der Waals surface area contributed by atoms with Gasteiger partial charge in [0.15, 0.2) is 17.3 Å². The van der Waals surface area contributed by atoms with Crippen molar-refractivity contribution in [3.8, 4) is 28.5 Å². The van der Waals surface area contributed by atoms with Crippen molar-refractivity contribution in [3.63, 3.8) is 0 Å². The molecule has 36 heavy (non-hydrogen) atoms. The molecule has 180 valence electrons. The summed E-state index contributed by atoms with van der Waals surface area (Å²) < 4.78 is 16.5. The van der Waals surface area contributed by atoms with E-state index < -0.39 is 18.5 Å². The van der Waals surface area contributed by atoms with Gasteiger partial charge in [0.25, 0.3) is 5.91 Å². The topological polar surface area (TPSA) is 104 Å². The molecule has 0 aliphatic rings. The summed E-state index contributed by atoms with van der Waals surface area (Å²) in [6.45, 7) is 2.06. The van der Waals surface area contributed by atoms with Crippen LogP contribution in [0, 0.1) is 0 Å². The normalized spacial score (nSPS) is 10.8. The number of nitrogens with one attached hydrogen (secondary N) is 1. The van der Waals surface area contributed by atoms with Crippen molar-refractivity contribution >= 4 is 39.4 Å². The van der Waals surface area contributed by atoms with Crippen molar-refractivity contribution in [2.75, 3.05) is 18.5 Å². The van der Waals surface area contributed by atoms with E-state index in [2.05, 4.69) is 15.3 Å². The van der Waals surface area contributed by atoms with Crippen LogP contribution in [0.4, 0.5) is 5.13 Å². The maximum absolute atomic E-state index is 12.8. The third-order valence-corrected chi connectivity index (χ3v) is 5.97. The highest BCUT2D eigenvalue weighted by Crippen LogP contribution is 2.28. The average molecular weight is 500 g/mol. The summed E-state index contributed by atoms with van der Waals surface area (Å²) in [6.07, 6.45) is 0. The minimum absolute atomic E-state index is 0.254. The van der Waals surface area contributed by atoms with Gasteiger partial charge in [-0.05, 0) is 55.5 Å². The number of carbonyl (C=O) groups excluding carboxylic acids is 2. The zero-order valence-electron chi connectivity index (χ0n) is 19.3. The Morgan fingerprint density at radius 1 is 0.972 bits per heavy atom. The third-order valence-electron chi connectivity index (χ3n) is 5.22. The van der Waals surface area contributed by atoms with Gasteiger partial charge in [0.05, 0.1) is 23.4 Å². The van der Waals surface area contributed by atoms with Crippen LogP contribution in [0.5, 0.6) is 5.75 Å². The van der Waals surface area contributed by atoms with E-state index in [9.17, 15) is 9.59 Å². The molecule has 0 bridgehead atoms. The number of nitrogens with zero attached hydrogens (tertiary/aromatic N) is 2. The molecule has 0 spiro atoms. The molecule has 5 rings (SSSR count). The first-order valence-corrected chi connectivity index (χ1v) is 12.1. The number of amides is 1. The Bertz CT molecular complexity index is 1490. The number of hydrogen-bond donors (Lipinski definition) is 1. The number of para-hydroxylation sites is 2. The smallest absolute Gasteiger partial charge is 0.339 e. The highest BCUT2D eigenvalue weighted by atomic mass is 32.1. The van der Waals surface area contributed by atoms with Crippen LogP contribution in [-0.4, -0.2) is 35.1 Å². The molecule has 0 atom stereocenters. The molecule has 0 fully saturated rings. The van der Waals surface area contributed by atoms with E-state index in [4.69, 9.17) is 13.9 Å². The van der Waals surface area contributed by atoms with Gasteiger partial charge in [-0.3, -0.25) is 10.1 Å². The monoisotopic (exact) mass is 499 g/mol. The van der Waals surface area contributed by atoms with Crippen LogP contribution in [0.1, 0.15) is 17.3 Å². The summed E-state index contributed by atoms with van der Waals surface area (Å²) in [5.74, 6) is -0.0604. The van der Waals surface area contributed by atoms with Gasteiger partial charge in [0, 0.05) is 10.9 Å². The highest BCUT2D eigenvalue weighted by Gasteiger charge is 2.19. The van der Waals surface area contributed by atoms with E-state index in [1.807, 2.05) is 54.8 Å². The molecular weight excluding hydrogens is 478 g/mol. The molecular formula is C27H21N3O5S. The van der Waals surface area contributed by atoms with Crippen molar-refractivity contribution in [3.05, 3.63) is 83.7 Å². The lowest BCUT2D eigenvalue weighted by Crippen LogP contribution is -2.21. The van der Waals surface area contributed by atoms with Crippen LogP contribution >= 0.6 is 11.3 Å². The summed E-state index contributed by atoms with van der Waals surface area (Å²) in [7, 11) is 0. The first kappa shape index (κ1) is 23.3. The molecule has 0 aliphatic carbocycles. The molecule has 8 nitrogen and oxygen atoms in total. The van der Waals surface area contributed by atoms with Crippen LogP contribution in [0.3, 0.4) is 0 Å². The summed E-state index contributed by atoms with van der Waals surface area (Å²) in [6, 6.07) is 21.7. The first-order valence-electron chi connectivity index (χ1n) is 11.2. The number of thiazole rings is 1. The van der Waals surface area contributed by atoms with Gasteiger partial charge in [-0.25, -0.2) is 14.8 Å². The number of ether oxygens (including phenoxy) is 2. The number of hydrogen-bond acceptors (Lipinski definition) is 8. The quantitative estimate of drug-likeness (QED) is 0.269. The lowest BCUT2D eigenvalue weighted by atomic mass is 10.1. The molecule has 0 radical (unpaired) electrons. The Morgan fingerprint density at radius 3 is 2.56 bits per heavy atom. The largest absolute Gasteiger partial charge is 0.494 e. The van der Waals surface area contributed by atoms with Gasteiger partial charge < -0.3 is 13.9 Å². The van der Waals surface area contributed by atoms with E-state index in [1.54, 1.807) is 30.3 Å². The van der Waals surface area contributed by atoms with E-state index >= 15 is 0 Å². The van der Waals surface area contributed by atoms with E-state index in [0.717, 1.165) is 17.0 Å². The summed E-state index contributed by atoms with van der Waals surface area (Å²) >= 11 is 1.28. The SMILES string of the molecule is CCOc1ccc(-c2csc(NC(=O)COC(=O)c3ccccc3-c3nc4ccccc4o3)n2)cc1. The Balaban J connectivity index is 1.22. The number of aromatic nitrogens is 2. The van der Waals surface area contributed by atoms with Crippen LogP contribution < -0.4 is 10.1 Å². The average Bonchev–Trinajstić information content (AvgIpc) is 3.55. The zero-order chi connectivity index (χ0) is 24.9. The Labute approximate surface area is 210 Å². The minimum atomic E-state index is -0.655. The molecule has 5 aromatic rings. The van der Waals surface area contributed by atoms with Gasteiger partial charge in [-0.15, -0.1) is 11.3 Å². The van der Waals surface area contributed by atoms with E-state index in [1.165, 1.54) is 11.3 Å². The summed E-state index contributed by atoms with van der Waals surface area (Å²) in [4.78, 5) is 34.1. The summed E-state index contributed by atoms with van der Waals surface area (Å²) in [5.41, 5.74) is 3.66. The van der Waals surface area contributed by atoms with Crippen molar-refractivity contribution in [2.45, 2.75) is 6.92 Å².